The number of hydrogen-bond acceptors (Lipinski definition) is 3. The highest BCUT2D eigenvalue weighted by atomic mass is 16.5. The smallest absolute Gasteiger partial charge is 0.0853 e. The summed E-state index contributed by atoms with van der Waals surface area (Å²) in [6.07, 6.45) is 7.21. The zero-order valence-corrected chi connectivity index (χ0v) is 13.1. The lowest BCUT2D eigenvalue weighted by atomic mass is 9.79. The summed E-state index contributed by atoms with van der Waals surface area (Å²) in [4.78, 5) is 2.65. The van der Waals surface area contributed by atoms with Gasteiger partial charge < -0.3 is 9.47 Å². The van der Waals surface area contributed by atoms with Crippen LogP contribution in [0.3, 0.4) is 0 Å². The van der Waals surface area contributed by atoms with E-state index in [4.69, 9.17) is 9.47 Å². The average Bonchev–Trinajstić information content (AvgIpc) is 2.44. The molecule has 1 spiro atoms. The van der Waals surface area contributed by atoms with Crippen LogP contribution in [0.15, 0.2) is 11.6 Å². The van der Waals surface area contributed by atoms with Gasteiger partial charge in [-0.3, -0.25) is 4.90 Å². The molecule has 0 amide bonds. The highest BCUT2D eigenvalue weighted by Gasteiger charge is 2.39. The van der Waals surface area contributed by atoms with Crippen molar-refractivity contribution in [1.29, 1.82) is 0 Å². The van der Waals surface area contributed by atoms with Gasteiger partial charge in [-0.2, -0.15) is 0 Å². The molecule has 3 nitrogen and oxygen atoms in total. The second-order valence-electron chi connectivity index (χ2n) is 6.99. The van der Waals surface area contributed by atoms with Crippen LogP contribution >= 0.6 is 0 Å². The Morgan fingerprint density at radius 2 is 2.10 bits per heavy atom. The van der Waals surface area contributed by atoms with E-state index in [-0.39, 0.29) is 5.60 Å². The molecule has 2 fully saturated rings. The second kappa shape index (κ2) is 6.17. The van der Waals surface area contributed by atoms with Gasteiger partial charge in [0.25, 0.3) is 0 Å². The predicted molar refractivity (Wildman–Crippen MR) is 80.8 cm³/mol. The fourth-order valence-electron chi connectivity index (χ4n) is 4.10. The van der Waals surface area contributed by atoms with Gasteiger partial charge >= 0.3 is 0 Å². The molecule has 20 heavy (non-hydrogen) atoms. The molecule has 2 saturated heterocycles. The molecule has 2 aliphatic heterocycles. The molecule has 114 valence electrons. The van der Waals surface area contributed by atoms with Crippen molar-refractivity contribution in [1.82, 2.24) is 4.90 Å². The van der Waals surface area contributed by atoms with E-state index in [1.165, 1.54) is 19.4 Å². The van der Waals surface area contributed by atoms with Crippen LogP contribution in [0.1, 0.15) is 39.5 Å². The molecule has 2 atom stereocenters. The first kappa shape index (κ1) is 14.6. The lowest BCUT2D eigenvalue weighted by Gasteiger charge is -2.46. The third-order valence-electron chi connectivity index (χ3n) is 5.55. The number of hydrogen-bond donors (Lipinski definition) is 0. The summed E-state index contributed by atoms with van der Waals surface area (Å²) >= 11 is 0. The van der Waals surface area contributed by atoms with E-state index in [2.05, 4.69) is 24.8 Å². The molecule has 2 heterocycles. The minimum Gasteiger partial charge on any atom is -0.381 e. The molecule has 0 unspecified atom stereocenters. The lowest BCUT2D eigenvalue weighted by Crippen LogP contribution is -2.55. The summed E-state index contributed by atoms with van der Waals surface area (Å²) in [6.45, 7) is 10.8. The van der Waals surface area contributed by atoms with Crippen molar-refractivity contribution < 1.29 is 9.47 Å². The highest BCUT2D eigenvalue weighted by Crippen LogP contribution is 2.33. The second-order valence-corrected chi connectivity index (χ2v) is 6.99. The Kier molecular flexibility index (Phi) is 4.49. The van der Waals surface area contributed by atoms with Crippen LogP contribution in [-0.4, -0.2) is 50.0 Å². The van der Waals surface area contributed by atoms with Gasteiger partial charge in [0.2, 0.25) is 0 Å². The van der Waals surface area contributed by atoms with Crippen LogP contribution in [-0.2, 0) is 9.47 Å². The normalized spacial score (nSPS) is 35.0. The lowest BCUT2D eigenvalue weighted by molar-refractivity contribution is -0.155. The van der Waals surface area contributed by atoms with Crippen LogP contribution < -0.4 is 0 Å². The fourth-order valence-corrected chi connectivity index (χ4v) is 4.10. The molecular formula is C17H29NO2. The Hall–Kier alpha value is -0.380. The molecule has 3 aliphatic rings. The molecule has 3 rings (SSSR count). The molecule has 0 aromatic heterocycles. The third-order valence-corrected chi connectivity index (χ3v) is 5.55. The van der Waals surface area contributed by atoms with Crippen LogP contribution in [0.4, 0.5) is 0 Å². The minimum absolute atomic E-state index is 0.0893. The SMILES string of the molecule is CC1=CCC[C@H](C)[C@H]1CN1CCOC2(CCOCC2)C1. The van der Waals surface area contributed by atoms with Crippen molar-refractivity contribution >= 4 is 0 Å². The van der Waals surface area contributed by atoms with Gasteiger partial charge in [-0.15, -0.1) is 0 Å². The number of morpholine rings is 1. The number of ether oxygens (including phenoxy) is 2. The van der Waals surface area contributed by atoms with Crippen LogP contribution in [0.25, 0.3) is 0 Å². The van der Waals surface area contributed by atoms with Gasteiger partial charge in [0.15, 0.2) is 0 Å². The minimum atomic E-state index is 0.0893. The summed E-state index contributed by atoms with van der Waals surface area (Å²) in [5.41, 5.74) is 1.70. The Labute approximate surface area is 123 Å². The van der Waals surface area contributed by atoms with Crippen molar-refractivity contribution in [3.05, 3.63) is 11.6 Å². The van der Waals surface area contributed by atoms with Gasteiger partial charge in [-0.1, -0.05) is 18.6 Å². The molecule has 0 radical (unpaired) electrons. The van der Waals surface area contributed by atoms with Gasteiger partial charge in [-0.25, -0.2) is 0 Å². The molecule has 0 aromatic rings. The van der Waals surface area contributed by atoms with Crippen LogP contribution in [0, 0.1) is 11.8 Å². The maximum absolute atomic E-state index is 6.14. The standard InChI is InChI=1S/C17H29NO2/c1-14-4-3-5-15(2)16(14)12-18-8-11-20-17(13-18)6-9-19-10-7-17/h4,15-16H,3,5-13H2,1-2H3/t15-,16-/m0/s1. The van der Waals surface area contributed by atoms with E-state index in [9.17, 15) is 0 Å². The molecule has 0 aromatic carbocycles. The maximum atomic E-state index is 6.14. The van der Waals surface area contributed by atoms with Crippen molar-refractivity contribution in [2.24, 2.45) is 11.8 Å². The molecule has 3 heteroatoms. The third kappa shape index (κ3) is 3.10. The Balaban J connectivity index is 1.62. The van der Waals surface area contributed by atoms with Crippen molar-refractivity contribution in [2.75, 3.05) is 39.5 Å². The quantitative estimate of drug-likeness (QED) is 0.726. The van der Waals surface area contributed by atoms with Gasteiger partial charge in [0.05, 0.1) is 12.2 Å². The van der Waals surface area contributed by atoms with Gasteiger partial charge in [-0.05, 0) is 31.6 Å². The fraction of sp³-hybridized carbons (Fsp3) is 0.882. The first-order valence-electron chi connectivity index (χ1n) is 8.29. The summed E-state index contributed by atoms with van der Waals surface area (Å²) in [6, 6.07) is 0. The topological polar surface area (TPSA) is 21.7 Å². The molecule has 0 saturated carbocycles. The first-order chi connectivity index (χ1) is 9.69. The van der Waals surface area contributed by atoms with E-state index >= 15 is 0 Å². The Bertz CT molecular complexity index is 354. The highest BCUT2D eigenvalue weighted by molar-refractivity contribution is 5.09. The maximum Gasteiger partial charge on any atom is 0.0853 e. The predicted octanol–water partition coefficient (Wildman–Crippen LogP) is 2.86. The average molecular weight is 279 g/mol. The number of rotatable bonds is 2. The Morgan fingerprint density at radius 1 is 1.30 bits per heavy atom. The summed E-state index contributed by atoms with van der Waals surface area (Å²) in [7, 11) is 0. The monoisotopic (exact) mass is 279 g/mol. The van der Waals surface area contributed by atoms with E-state index in [1.807, 2.05) is 0 Å². The first-order valence-corrected chi connectivity index (χ1v) is 8.29. The Morgan fingerprint density at radius 3 is 2.85 bits per heavy atom. The van der Waals surface area contributed by atoms with Crippen molar-refractivity contribution in [3.63, 3.8) is 0 Å². The summed E-state index contributed by atoms with van der Waals surface area (Å²) in [5, 5.41) is 0. The number of allylic oxidation sites excluding steroid dienone is 1. The zero-order chi connectivity index (χ0) is 14.0. The van der Waals surface area contributed by atoms with E-state index < -0.39 is 0 Å². The molecule has 0 bridgehead atoms. The van der Waals surface area contributed by atoms with Gasteiger partial charge in [0.1, 0.15) is 0 Å². The molecule has 1 aliphatic carbocycles. The van der Waals surface area contributed by atoms with Gasteiger partial charge in [0, 0.05) is 45.7 Å². The summed E-state index contributed by atoms with van der Waals surface area (Å²) < 4.78 is 11.7. The largest absolute Gasteiger partial charge is 0.381 e. The molecular weight excluding hydrogens is 250 g/mol. The van der Waals surface area contributed by atoms with E-state index in [1.54, 1.807) is 5.57 Å². The van der Waals surface area contributed by atoms with E-state index in [0.29, 0.717) is 0 Å². The zero-order valence-electron chi connectivity index (χ0n) is 13.1. The van der Waals surface area contributed by atoms with Crippen molar-refractivity contribution in [2.45, 2.75) is 45.1 Å². The molecule has 0 N–H and O–H groups in total. The van der Waals surface area contributed by atoms with E-state index in [0.717, 1.165) is 57.6 Å². The van der Waals surface area contributed by atoms with Crippen LogP contribution in [0.2, 0.25) is 0 Å². The summed E-state index contributed by atoms with van der Waals surface area (Å²) in [5.74, 6) is 1.58. The van der Waals surface area contributed by atoms with Crippen molar-refractivity contribution in [3.8, 4) is 0 Å². The number of nitrogens with zero attached hydrogens (tertiary/aromatic N) is 1. The van der Waals surface area contributed by atoms with Crippen LogP contribution in [0.5, 0.6) is 0 Å².